The van der Waals surface area contributed by atoms with Crippen molar-refractivity contribution in [3.63, 3.8) is 0 Å². The van der Waals surface area contributed by atoms with Crippen LogP contribution in [0.25, 0.3) is 0 Å². The molecular weight excluding hydrogens is 514 g/mol. The van der Waals surface area contributed by atoms with Crippen molar-refractivity contribution in [3.8, 4) is 17.2 Å². The summed E-state index contributed by atoms with van der Waals surface area (Å²) in [4.78, 5) is 25.0. The van der Waals surface area contributed by atoms with Gasteiger partial charge in [-0.15, -0.1) is 0 Å². The van der Waals surface area contributed by atoms with Gasteiger partial charge in [0.25, 0.3) is 11.8 Å². The van der Waals surface area contributed by atoms with Crippen molar-refractivity contribution in [2.24, 2.45) is 11.0 Å². The number of nitrogens with zero attached hydrogens (tertiary/aromatic N) is 1. The molecule has 0 saturated heterocycles. The normalized spacial score (nSPS) is 11.8. The molecule has 33 heavy (non-hydrogen) atoms. The van der Waals surface area contributed by atoms with Crippen LogP contribution in [-0.4, -0.2) is 44.9 Å². The fraction of sp³-hybridized carbons (Fsp3) is 0.348. The van der Waals surface area contributed by atoms with Gasteiger partial charge in [-0.2, -0.15) is 5.10 Å². The lowest BCUT2D eigenvalue weighted by atomic mass is 10.0. The van der Waals surface area contributed by atoms with Crippen molar-refractivity contribution < 1.29 is 23.8 Å². The smallest absolute Gasteiger partial charge is 0.262 e. The van der Waals surface area contributed by atoms with E-state index in [-0.39, 0.29) is 12.5 Å². The van der Waals surface area contributed by atoms with Crippen LogP contribution < -0.4 is 25.0 Å². The van der Waals surface area contributed by atoms with Gasteiger partial charge in [0, 0.05) is 15.1 Å². The molecule has 2 rings (SSSR count). The third-order valence-corrected chi connectivity index (χ3v) is 5.36. The number of hydrazone groups is 1. The molecule has 0 unspecified atom stereocenters. The zero-order valence-electron chi connectivity index (χ0n) is 18.9. The van der Waals surface area contributed by atoms with Gasteiger partial charge in [0.05, 0.1) is 20.4 Å². The van der Waals surface area contributed by atoms with Crippen molar-refractivity contribution in [1.82, 2.24) is 10.7 Å². The van der Waals surface area contributed by atoms with Crippen LogP contribution >= 0.6 is 27.5 Å². The zero-order valence-corrected chi connectivity index (χ0v) is 21.2. The molecule has 8 nitrogen and oxygen atoms in total. The predicted octanol–water partition coefficient (Wildman–Crippen LogP) is 4.18. The van der Waals surface area contributed by atoms with E-state index in [1.807, 2.05) is 13.8 Å². The Bertz CT molecular complexity index is 983. The van der Waals surface area contributed by atoms with E-state index in [4.69, 9.17) is 25.8 Å². The number of carbonyl (C=O) groups is 2. The second kappa shape index (κ2) is 13.1. The summed E-state index contributed by atoms with van der Waals surface area (Å²) in [7, 11) is 3.08. The maximum atomic E-state index is 12.7. The number of carbonyl (C=O) groups excluding carboxylic acids is 2. The van der Waals surface area contributed by atoms with Gasteiger partial charge in [0.1, 0.15) is 11.8 Å². The fourth-order valence-electron chi connectivity index (χ4n) is 2.83. The molecule has 0 fully saturated rings. The Morgan fingerprint density at radius 1 is 1.12 bits per heavy atom. The Morgan fingerprint density at radius 3 is 2.36 bits per heavy atom. The number of nitrogens with one attached hydrogen (secondary N) is 2. The fourth-order valence-corrected chi connectivity index (χ4v) is 3.38. The average Bonchev–Trinajstić information content (AvgIpc) is 2.78. The van der Waals surface area contributed by atoms with Gasteiger partial charge in [0.2, 0.25) is 0 Å². The number of halogens is 2. The van der Waals surface area contributed by atoms with Gasteiger partial charge in [-0.1, -0.05) is 25.4 Å². The first-order chi connectivity index (χ1) is 15.7. The topological polar surface area (TPSA) is 98.2 Å². The lowest BCUT2D eigenvalue weighted by molar-refractivity contribution is -0.130. The van der Waals surface area contributed by atoms with E-state index in [0.717, 1.165) is 0 Å². The molecule has 10 heteroatoms. The minimum Gasteiger partial charge on any atom is -0.493 e. The van der Waals surface area contributed by atoms with Crippen LogP contribution in [0.5, 0.6) is 17.2 Å². The third kappa shape index (κ3) is 8.58. The maximum Gasteiger partial charge on any atom is 0.262 e. The Hall–Kier alpha value is -2.78. The highest BCUT2D eigenvalue weighted by molar-refractivity contribution is 9.10. The summed E-state index contributed by atoms with van der Waals surface area (Å²) in [5.41, 5.74) is 3.16. The van der Waals surface area contributed by atoms with Crippen LogP contribution in [0.1, 0.15) is 25.8 Å². The van der Waals surface area contributed by atoms with Gasteiger partial charge in [0.15, 0.2) is 18.1 Å². The Morgan fingerprint density at radius 2 is 1.76 bits per heavy atom. The highest BCUT2D eigenvalue weighted by atomic mass is 79.9. The van der Waals surface area contributed by atoms with E-state index < -0.39 is 17.9 Å². The molecule has 0 aliphatic heterocycles. The molecular formula is C23H27BrClN3O5. The van der Waals surface area contributed by atoms with Gasteiger partial charge in [-0.3, -0.25) is 9.59 Å². The summed E-state index contributed by atoms with van der Waals surface area (Å²) in [5, 5.41) is 7.30. The summed E-state index contributed by atoms with van der Waals surface area (Å²) in [5.74, 6) is 0.908. The monoisotopic (exact) mass is 539 g/mol. The summed E-state index contributed by atoms with van der Waals surface area (Å²) in [6.45, 7) is 3.69. The molecule has 0 saturated carbocycles. The molecule has 0 spiro atoms. The van der Waals surface area contributed by atoms with Crippen molar-refractivity contribution in [2.75, 3.05) is 20.8 Å². The Kier molecular flexibility index (Phi) is 10.5. The van der Waals surface area contributed by atoms with E-state index in [1.165, 1.54) is 13.3 Å². The first-order valence-corrected chi connectivity index (χ1v) is 11.3. The van der Waals surface area contributed by atoms with E-state index in [9.17, 15) is 9.59 Å². The number of amides is 2. The molecule has 2 aromatic rings. The van der Waals surface area contributed by atoms with E-state index in [2.05, 4.69) is 31.8 Å². The van der Waals surface area contributed by atoms with E-state index >= 15 is 0 Å². The third-order valence-electron chi connectivity index (χ3n) is 4.42. The number of rotatable bonds is 11. The second-order valence-corrected chi connectivity index (χ2v) is 8.75. The van der Waals surface area contributed by atoms with Crippen LogP contribution in [0.2, 0.25) is 5.02 Å². The number of hydrogen-bond donors (Lipinski definition) is 2. The first kappa shape index (κ1) is 26.5. The van der Waals surface area contributed by atoms with Crippen LogP contribution in [0.15, 0.2) is 46.0 Å². The summed E-state index contributed by atoms with van der Waals surface area (Å²) < 4.78 is 16.7. The second-order valence-electron chi connectivity index (χ2n) is 7.46. The Labute approximate surface area is 206 Å². The van der Waals surface area contributed by atoms with Crippen molar-refractivity contribution >= 4 is 45.6 Å². The van der Waals surface area contributed by atoms with Gasteiger partial charge in [-0.05, 0) is 64.7 Å². The van der Waals surface area contributed by atoms with Crippen LogP contribution in [0.3, 0.4) is 0 Å². The predicted molar refractivity (Wildman–Crippen MR) is 131 cm³/mol. The average molecular weight is 541 g/mol. The molecule has 0 aromatic heterocycles. The molecule has 0 aliphatic carbocycles. The molecule has 1 atom stereocenters. The number of hydrogen-bond acceptors (Lipinski definition) is 6. The lowest BCUT2D eigenvalue weighted by Gasteiger charge is -2.19. The van der Waals surface area contributed by atoms with Crippen molar-refractivity contribution in [1.29, 1.82) is 0 Å². The quantitative estimate of drug-likeness (QED) is 0.329. The molecule has 0 aliphatic rings. The maximum absolute atomic E-state index is 12.7. The highest BCUT2D eigenvalue weighted by Crippen LogP contribution is 2.32. The molecule has 0 heterocycles. The Balaban J connectivity index is 1.99. The molecule has 0 bridgehead atoms. The summed E-state index contributed by atoms with van der Waals surface area (Å²) in [6, 6.07) is 9.35. The molecule has 2 N–H and O–H groups in total. The zero-order chi connectivity index (χ0) is 24.4. The lowest BCUT2D eigenvalue weighted by Crippen LogP contribution is -2.47. The largest absolute Gasteiger partial charge is 0.493 e. The van der Waals surface area contributed by atoms with Crippen molar-refractivity contribution in [2.45, 2.75) is 26.3 Å². The van der Waals surface area contributed by atoms with E-state index in [0.29, 0.717) is 38.7 Å². The minimum absolute atomic E-state index is 0.169. The number of methoxy groups -OCH3 is 2. The van der Waals surface area contributed by atoms with Crippen LogP contribution in [0, 0.1) is 5.92 Å². The number of ether oxygens (including phenoxy) is 3. The highest BCUT2D eigenvalue weighted by Gasteiger charge is 2.22. The SMILES string of the molecule is COc1cc(Br)c(/C=N\NC(=O)[C@@H](CC(C)C)NC(=O)COc2ccc(Cl)cc2)cc1OC. The summed E-state index contributed by atoms with van der Waals surface area (Å²) >= 11 is 9.27. The standard InChI is InChI=1S/C23H27BrClN3O5/c1-14(2)9-19(27-22(29)13-33-17-7-5-16(25)6-8-17)23(30)28-26-12-15-10-20(31-3)21(32-4)11-18(15)24/h5-8,10-12,14,19H,9,13H2,1-4H3,(H,27,29)(H,28,30)/b26-12-/t19-/m1/s1. The van der Waals surface area contributed by atoms with Gasteiger partial charge < -0.3 is 19.5 Å². The number of benzene rings is 2. The van der Waals surface area contributed by atoms with Gasteiger partial charge >= 0.3 is 0 Å². The van der Waals surface area contributed by atoms with Gasteiger partial charge in [-0.25, -0.2) is 5.43 Å². The molecule has 2 amide bonds. The van der Waals surface area contributed by atoms with Crippen molar-refractivity contribution in [3.05, 3.63) is 51.5 Å². The summed E-state index contributed by atoms with van der Waals surface area (Å²) in [6.07, 6.45) is 1.91. The molecule has 2 aromatic carbocycles. The molecule has 178 valence electrons. The van der Waals surface area contributed by atoms with Crippen LogP contribution in [-0.2, 0) is 9.59 Å². The minimum atomic E-state index is -0.766. The molecule has 0 radical (unpaired) electrons. The first-order valence-electron chi connectivity index (χ1n) is 10.2. The van der Waals surface area contributed by atoms with Crippen LogP contribution in [0.4, 0.5) is 0 Å². The van der Waals surface area contributed by atoms with E-state index in [1.54, 1.807) is 43.5 Å².